The smallest absolute Gasteiger partial charge is 0.320 e. The quantitative estimate of drug-likeness (QED) is 0.610. The molecule has 3 aliphatic carbocycles. The fourth-order valence-electron chi connectivity index (χ4n) is 5.52. The fraction of sp³-hybridized carbons (Fsp3) is 0.565. The number of aryl methyl sites for hydroxylation is 1. The van der Waals surface area contributed by atoms with Crippen molar-refractivity contribution in [1.29, 1.82) is 0 Å². The lowest BCUT2D eigenvalue weighted by Crippen LogP contribution is -2.59. The molecule has 0 saturated heterocycles. The Morgan fingerprint density at radius 3 is 2.49 bits per heavy atom. The predicted octanol–water partition coefficient (Wildman–Crippen LogP) is 2.96. The van der Waals surface area contributed by atoms with Gasteiger partial charge in [-0.25, -0.2) is 18.0 Å². The van der Waals surface area contributed by atoms with Gasteiger partial charge >= 0.3 is 11.9 Å². The molecule has 0 aliphatic heterocycles. The molecule has 0 aromatic carbocycles. The minimum atomic E-state index is -4.62. The molecule has 190 valence electrons. The third-order valence-electron chi connectivity index (χ3n) is 7.31. The summed E-state index contributed by atoms with van der Waals surface area (Å²) in [5.74, 6) is -2.26. The third-order valence-corrected chi connectivity index (χ3v) is 8.60. The molecule has 5 rings (SSSR count). The van der Waals surface area contributed by atoms with E-state index in [-0.39, 0.29) is 23.4 Å². The fourth-order valence-corrected chi connectivity index (χ4v) is 6.99. The molecule has 3 N–H and O–H groups in total. The molecule has 1 saturated carbocycles. The van der Waals surface area contributed by atoms with Gasteiger partial charge in [-0.3, -0.25) is 14.3 Å². The average Bonchev–Trinajstić information content (AvgIpc) is 3.50. The highest BCUT2D eigenvalue weighted by molar-refractivity contribution is 7.12. The van der Waals surface area contributed by atoms with Crippen LogP contribution >= 0.6 is 11.3 Å². The molecule has 5 nitrogen and oxygen atoms in total. The van der Waals surface area contributed by atoms with E-state index < -0.39 is 58.7 Å². The first-order valence-electron chi connectivity index (χ1n) is 11.4. The Morgan fingerprint density at radius 1 is 1.20 bits per heavy atom. The molecule has 0 spiro atoms. The van der Waals surface area contributed by atoms with Crippen molar-refractivity contribution in [2.45, 2.75) is 81.7 Å². The van der Waals surface area contributed by atoms with Crippen LogP contribution in [0.15, 0.2) is 15.7 Å². The van der Waals surface area contributed by atoms with E-state index in [2.05, 4.69) is 0 Å². The van der Waals surface area contributed by atoms with E-state index in [1.807, 2.05) is 4.98 Å². The normalized spacial score (nSPS) is 25.6. The summed E-state index contributed by atoms with van der Waals surface area (Å²) in [6, 6.07) is -0.926. The summed E-state index contributed by atoms with van der Waals surface area (Å²) in [5.41, 5.74) is 3.31. The van der Waals surface area contributed by atoms with Crippen molar-refractivity contribution in [1.82, 2.24) is 9.55 Å². The number of halogens is 6. The molecular formula is C23H23F6N3O2S. The van der Waals surface area contributed by atoms with E-state index in [1.165, 1.54) is 17.6 Å². The van der Waals surface area contributed by atoms with Crippen LogP contribution in [0.2, 0.25) is 0 Å². The summed E-state index contributed by atoms with van der Waals surface area (Å²) >= 11 is 1.09. The molecule has 2 heterocycles. The maximum atomic E-state index is 15.8. The van der Waals surface area contributed by atoms with Gasteiger partial charge in [0.05, 0.1) is 16.5 Å². The van der Waals surface area contributed by atoms with Gasteiger partial charge < -0.3 is 5.73 Å². The predicted molar refractivity (Wildman–Crippen MR) is 119 cm³/mol. The zero-order valence-electron chi connectivity index (χ0n) is 18.6. The lowest BCUT2D eigenvalue weighted by Gasteiger charge is -2.29. The maximum absolute atomic E-state index is 15.8. The highest BCUT2D eigenvalue weighted by atomic mass is 32.1. The first kappa shape index (κ1) is 24.4. The second kappa shape index (κ2) is 8.36. The van der Waals surface area contributed by atoms with Gasteiger partial charge in [0.2, 0.25) is 0 Å². The molecular weight excluding hydrogens is 496 g/mol. The Labute approximate surface area is 199 Å². The van der Waals surface area contributed by atoms with E-state index in [0.29, 0.717) is 41.0 Å². The van der Waals surface area contributed by atoms with Gasteiger partial charge in [-0.2, -0.15) is 13.2 Å². The zero-order valence-corrected chi connectivity index (χ0v) is 19.4. The van der Waals surface area contributed by atoms with Gasteiger partial charge in [0.25, 0.3) is 12.0 Å². The molecule has 2 aromatic heterocycles. The second-order valence-corrected chi connectivity index (χ2v) is 10.7. The SMILES string of the molecule is CC1=c2c(c(=O)[nH]c(=O)n2C2CC2)=C(C(F)F)C(F)C1c1cc2c(s1)CCCC2C(N)C(F)(F)F. The van der Waals surface area contributed by atoms with Crippen molar-refractivity contribution >= 4 is 22.5 Å². The lowest BCUT2D eigenvalue weighted by atomic mass is 9.80. The highest BCUT2D eigenvalue weighted by Crippen LogP contribution is 2.47. The topological polar surface area (TPSA) is 80.9 Å². The number of H-pyrrole nitrogens is 1. The number of nitrogens with zero attached hydrogens (tertiary/aromatic N) is 1. The summed E-state index contributed by atoms with van der Waals surface area (Å²) < 4.78 is 85.6. The average molecular weight is 520 g/mol. The van der Waals surface area contributed by atoms with Gasteiger partial charge in [0.15, 0.2) is 0 Å². The maximum Gasteiger partial charge on any atom is 0.404 e. The van der Waals surface area contributed by atoms with Crippen LogP contribution in [0.5, 0.6) is 0 Å². The summed E-state index contributed by atoms with van der Waals surface area (Å²) in [6.07, 6.45) is -7.79. The van der Waals surface area contributed by atoms with Crippen molar-refractivity contribution in [3.8, 4) is 0 Å². The molecule has 35 heavy (non-hydrogen) atoms. The Bertz CT molecular complexity index is 1420. The van der Waals surface area contributed by atoms with Crippen molar-refractivity contribution < 1.29 is 26.3 Å². The number of rotatable bonds is 4. The number of alkyl halides is 6. The van der Waals surface area contributed by atoms with Crippen molar-refractivity contribution in [2.75, 3.05) is 0 Å². The molecule has 0 bridgehead atoms. The van der Waals surface area contributed by atoms with Crippen molar-refractivity contribution in [2.24, 2.45) is 5.73 Å². The van der Waals surface area contributed by atoms with Crippen LogP contribution in [-0.2, 0) is 6.42 Å². The number of thiophene rings is 1. The van der Waals surface area contributed by atoms with Crippen LogP contribution < -0.4 is 27.6 Å². The minimum absolute atomic E-state index is 0.00892. The molecule has 2 aromatic rings. The largest absolute Gasteiger partial charge is 0.404 e. The number of fused-ring (bicyclic) bond motifs is 2. The summed E-state index contributed by atoms with van der Waals surface area (Å²) in [6.45, 7) is 1.49. The van der Waals surface area contributed by atoms with Crippen LogP contribution in [-0.4, -0.2) is 34.4 Å². The second-order valence-electron chi connectivity index (χ2n) is 9.50. The molecule has 12 heteroatoms. The van der Waals surface area contributed by atoms with Gasteiger partial charge in [-0.05, 0) is 56.2 Å². The monoisotopic (exact) mass is 519 g/mol. The summed E-state index contributed by atoms with van der Waals surface area (Å²) in [7, 11) is 0. The lowest BCUT2D eigenvalue weighted by molar-refractivity contribution is -0.153. The van der Waals surface area contributed by atoms with Crippen LogP contribution in [0.25, 0.3) is 11.1 Å². The van der Waals surface area contributed by atoms with Gasteiger partial charge in [-0.15, -0.1) is 11.3 Å². The van der Waals surface area contributed by atoms with Crippen LogP contribution in [0.4, 0.5) is 26.3 Å². The summed E-state index contributed by atoms with van der Waals surface area (Å²) in [5, 5.41) is -0.531. The molecule has 4 atom stereocenters. The number of aromatic nitrogens is 2. The zero-order chi connectivity index (χ0) is 25.4. The highest BCUT2D eigenvalue weighted by Gasteiger charge is 2.45. The van der Waals surface area contributed by atoms with Gasteiger partial charge in [-0.1, -0.05) is 0 Å². The Balaban J connectivity index is 1.74. The third kappa shape index (κ3) is 3.89. The van der Waals surface area contributed by atoms with E-state index in [4.69, 9.17) is 5.73 Å². The van der Waals surface area contributed by atoms with Gasteiger partial charge in [0.1, 0.15) is 12.2 Å². The first-order chi connectivity index (χ1) is 16.4. The van der Waals surface area contributed by atoms with Gasteiger partial charge in [0, 0.05) is 27.3 Å². The molecule has 1 fully saturated rings. The van der Waals surface area contributed by atoms with Crippen molar-refractivity contribution in [3.63, 3.8) is 0 Å². The molecule has 0 radical (unpaired) electrons. The standard InChI is InChI=1S/C23H23F6N3O2S/c1-8-14(13-7-11-10(19(30)23(27,28)29)3-2-4-12(11)35-13)17(24)15(20(25)26)16-18(8)32(9-5-6-9)22(34)31-21(16)33/h7,9-10,14,17,19-20H,2-6,30H2,1H3,(H,31,33,34). The number of aromatic amines is 1. The van der Waals surface area contributed by atoms with E-state index in [0.717, 1.165) is 11.3 Å². The minimum Gasteiger partial charge on any atom is -0.320 e. The van der Waals surface area contributed by atoms with E-state index >= 15 is 4.39 Å². The first-order valence-corrected chi connectivity index (χ1v) is 12.2. The number of nitrogens with one attached hydrogen (secondary N) is 1. The molecule has 4 unspecified atom stereocenters. The Kier molecular flexibility index (Phi) is 5.82. The van der Waals surface area contributed by atoms with Crippen LogP contribution in [0, 0.1) is 0 Å². The van der Waals surface area contributed by atoms with E-state index in [1.54, 1.807) is 0 Å². The summed E-state index contributed by atoms with van der Waals surface area (Å²) in [4.78, 5) is 28.1. The number of nitrogens with two attached hydrogens (primary N) is 1. The van der Waals surface area contributed by atoms with Crippen LogP contribution in [0.3, 0.4) is 0 Å². The van der Waals surface area contributed by atoms with E-state index in [9.17, 15) is 31.5 Å². The van der Waals surface area contributed by atoms with Crippen LogP contribution in [0.1, 0.15) is 65.8 Å². The Hall–Kier alpha value is -2.34. The number of hydrogen-bond donors (Lipinski definition) is 2. The van der Waals surface area contributed by atoms with Crippen molar-refractivity contribution in [3.05, 3.63) is 52.8 Å². The molecule has 3 aliphatic rings. The number of hydrogen-bond acceptors (Lipinski definition) is 4. The molecule has 0 amide bonds. The Morgan fingerprint density at radius 2 is 1.89 bits per heavy atom.